The van der Waals surface area contributed by atoms with Gasteiger partial charge in [0.1, 0.15) is 9.84 Å². The lowest BCUT2D eigenvalue weighted by molar-refractivity contribution is -0.137. The smallest absolute Gasteiger partial charge is 0.355 e. The molecule has 1 aromatic heterocycles. The second-order valence-electron chi connectivity index (χ2n) is 8.68. The molecule has 0 saturated heterocycles. The van der Waals surface area contributed by atoms with Crippen molar-refractivity contribution in [1.29, 1.82) is 0 Å². The predicted molar refractivity (Wildman–Crippen MR) is 128 cm³/mol. The highest BCUT2D eigenvalue weighted by atomic mass is 32.2. The minimum absolute atomic E-state index is 0.143. The molecule has 0 unspecified atom stereocenters. The van der Waals surface area contributed by atoms with E-state index in [0.29, 0.717) is 18.8 Å². The number of sulfone groups is 1. The molecule has 2 heterocycles. The van der Waals surface area contributed by atoms with Crippen molar-refractivity contribution in [2.24, 2.45) is 0 Å². The number of hydrogen-bond acceptors (Lipinski definition) is 5. The van der Waals surface area contributed by atoms with Crippen molar-refractivity contribution in [3.05, 3.63) is 77.0 Å². The van der Waals surface area contributed by atoms with Crippen LogP contribution < -0.4 is 5.32 Å². The third kappa shape index (κ3) is 5.77. The van der Waals surface area contributed by atoms with Gasteiger partial charge < -0.3 is 5.32 Å². The first-order valence-electron chi connectivity index (χ1n) is 10.9. The summed E-state index contributed by atoms with van der Waals surface area (Å²) in [4.78, 5) is 6.19. The molecular formula is C25H26F3N3O2S. The van der Waals surface area contributed by atoms with Crippen LogP contribution in [0.3, 0.4) is 0 Å². The molecule has 2 aromatic carbocycles. The summed E-state index contributed by atoms with van der Waals surface area (Å²) in [5.41, 5.74) is 5.50. The van der Waals surface area contributed by atoms with Crippen LogP contribution in [0.2, 0.25) is 0 Å². The standard InChI is InChI=1S/C25H26F3N3O2S/c1-17-6-8-20(14-22(17)23-9-7-19(15-29-23)25(26,27)28)30-24-5-3-4-18-16-31(11-10-21(18)24)12-13-34(2,32)33/h3-9,14-15,30H,10-13,16H2,1-2H3. The monoisotopic (exact) mass is 489 g/mol. The SMILES string of the molecule is Cc1ccc(Nc2cccc3c2CCN(CCS(C)(=O)=O)C3)cc1-c1ccc(C(F)(F)F)cn1. The van der Waals surface area contributed by atoms with E-state index < -0.39 is 21.6 Å². The van der Waals surface area contributed by atoms with Crippen LogP contribution in [-0.4, -0.2) is 43.4 Å². The van der Waals surface area contributed by atoms with Gasteiger partial charge in [0.15, 0.2) is 0 Å². The molecule has 0 amide bonds. The number of anilines is 2. The Kier molecular flexibility index (Phi) is 6.69. The zero-order chi connectivity index (χ0) is 24.5. The van der Waals surface area contributed by atoms with Crippen LogP contribution in [0.5, 0.6) is 0 Å². The molecule has 4 rings (SSSR count). The van der Waals surface area contributed by atoms with E-state index in [4.69, 9.17) is 0 Å². The number of alkyl halides is 3. The Bertz CT molecular complexity index is 1290. The molecule has 1 aliphatic heterocycles. The summed E-state index contributed by atoms with van der Waals surface area (Å²) in [5, 5.41) is 3.45. The van der Waals surface area contributed by atoms with Crippen molar-refractivity contribution in [2.45, 2.75) is 26.1 Å². The van der Waals surface area contributed by atoms with Crippen LogP contribution in [0.4, 0.5) is 24.5 Å². The summed E-state index contributed by atoms with van der Waals surface area (Å²) >= 11 is 0. The Morgan fingerprint density at radius 2 is 1.91 bits per heavy atom. The van der Waals surface area contributed by atoms with Crippen molar-refractivity contribution in [3.8, 4) is 11.3 Å². The maximum absolute atomic E-state index is 12.9. The number of aromatic nitrogens is 1. The van der Waals surface area contributed by atoms with E-state index in [9.17, 15) is 21.6 Å². The first kappa shape index (κ1) is 24.2. The highest BCUT2D eigenvalue weighted by Gasteiger charge is 2.30. The number of nitrogens with one attached hydrogen (secondary N) is 1. The zero-order valence-corrected chi connectivity index (χ0v) is 19.8. The lowest BCUT2D eigenvalue weighted by Gasteiger charge is -2.30. The number of hydrogen-bond donors (Lipinski definition) is 1. The maximum atomic E-state index is 12.9. The molecule has 3 aromatic rings. The van der Waals surface area contributed by atoms with Crippen LogP contribution in [0.25, 0.3) is 11.3 Å². The van der Waals surface area contributed by atoms with Crippen LogP contribution in [0.1, 0.15) is 22.3 Å². The lowest BCUT2D eigenvalue weighted by Crippen LogP contribution is -2.34. The summed E-state index contributed by atoms with van der Waals surface area (Å²) in [7, 11) is -3.00. The molecule has 0 saturated carbocycles. The van der Waals surface area contributed by atoms with E-state index in [-0.39, 0.29) is 5.75 Å². The van der Waals surface area contributed by atoms with Crippen LogP contribution in [0.15, 0.2) is 54.7 Å². The van der Waals surface area contributed by atoms with Gasteiger partial charge in [-0.15, -0.1) is 0 Å². The van der Waals surface area contributed by atoms with Crippen LogP contribution in [-0.2, 0) is 29.0 Å². The van der Waals surface area contributed by atoms with Gasteiger partial charge in [-0.25, -0.2) is 8.42 Å². The van der Waals surface area contributed by atoms with Crippen molar-refractivity contribution in [1.82, 2.24) is 9.88 Å². The van der Waals surface area contributed by atoms with Crippen molar-refractivity contribution >= 4 is 21.2 Å². The molecule has 1 aliphatic rings. The molecule has 0 radical (unpaired) electrons. The molecule has 0 bridgehead atoms. The third-order valence-electron chi connectivity index (χ3n) is 6.01. The van der Waals surface area contributed by atoms with Crippen molar-refractivity contribution < 1.29 is 21.6 Å². The second-order valence-corrected chi connectivity index (χ2v) is 10.9. The average molecular weight is 490 g/mol. The van der Waals surface area contributed by atoms with E-state index in [0.717, 1.165) is 53.3 Å². The minimum Gasteiger partial charge on any atom is -0.355 e. The fourth-order valence-electron chi connectivity index (χ4n) is 4.12. The molecule has 0 aliphatic carbocycles. The van der Waals surface area contributed by atoms with E-state index >= 15 is 0 Å². The highest BCUT2D eigenvalue weighted by Crippen LogP contribution is 2.33. The molecular weight excluding hydrogens is 463 g/mol. The summed E-state index contributed by atoms with van der Waals surface area (Å²) in [5.74, 6) is 0.143. The molecule has 0 fully saturated rings. The van der Waals surface area contributed by atoms with Crippen molar-refractivity contribution in [2.75, 3.05) is 30.4 Å². The zero-order valence-electron chi connectivity index (χ0n) is 19.0. The average Bonchev–Trinajstić information content (AvgIpc) is 2.78. The summed E-state index contributed by atoms with van der Waals surface area (Å²) < 4.78 is 61.7. The Hall–Kier alpha value is -2.91. The normalized spacial score (nSPS) is 14.6. The maximum Gasteiger partial charge on any atom is 0.417 e. The van der Waals surface area contributed by atoms with Gasteiger partial charge in [0.05, 0.1) is 17.0 Å². The first-order valence-corrected chi connectivity index (χ1v) is 13.0. The van der Waals surface area contributed by atoms with Gasteiger partial charge in [-0.05, 0) is 60.4 Å². The van der Waals surface area contributed by atoms with E-state index in [1.165, 1.54) is 17.9 Å². The number of halogens is 3. The Morgan fingerprint density at radius 1 is 1.12 bits per heavy atom. The van der Waals surface area contributed by atoms with E-state index in [1.807, 2.05) is 37.3 Å². The number of benzene rings is 2. The van der Waals surface area contributed by atoms with E-state index in [1.54, 1.807) is 0 Å². The van der Waals surface area contributed by atoms with Gasteiger partial charge in [0.25, 0.3) is 0 Å². The van der Waals surface area contributed by atoms with E-state index in [2.05, 4.69) is 21.3 Å². The number of nitrogens with zero attached hydrogens (tertiary/aromatic N) is 2. The molecule has 9 heteroatoms. The molecule has 34 heavy (non-hydrogen) atoms. The molecule has 0 spiro atoms. The van der Waals surface area contributed by atoms with Crippen LogP contribution in [0, 0.1) is 6.92 Å². The fourth-order valence-corrected chi connectivity index (χ4v) is 4.71. The quantitative estimate of drug-likeness (QED) is 0.514. The first-order chi connectivity index (χ1) is 16.0. The third-order valence-corrected chi connectivity index (χ3v) is 6.93. The highest BCUT2D eigenvalue weighted by molar-refractivity contribution is 7.90. The van der Waals surface area contributed by atoms with Gasteiger partial charge >= 0.3 is 6.18 Å². The number of fused-ring (bicyclic) bond motifs is 1. The largest absolute Gasteiger partial charge is 0.417 e. The predicted octanol–water partition coefficient (Wildman–Crippen LogP) is 5.22. The summed E-state index contributed by atoms with van der Waals surface area (Å²) in [6, 6.07) is 14.2. The van der Waals surface area contributed by atoms with Gasteiger partial charge in [-0.2, -0.15) is 13.2 Å². The summed E-state index contributed by atoms with van der Waals surface area (Å²) in [6.45, 7) is 3.87. The number of pyridine rings is 1. The molecule has 0 atom stereocenters. The second kappa shape index (κ2) is 9.38. The number of aryl methyl sites for hydroxylation is 1. The van der Waals surface area contributed by atoms with Gasteiger partial charge in [-0.3, -0.25) is 9.88 Å². The Balaban J connectivity index is 1.54. The lowest BCUT2D eigenvalue weighted by atomic mass is 9.97. The molecule has 1 N–H and O–H groups in total. The summed E-state index contributed by atoms with van der Waals surface area (Å²) in [6.07, 6.45) is -1.51. The minimum atomic E-state index is -4.42. The molecule has 180 valence electrons. The van der Waals surface area contributed by atoms with Crippen LogP contribution >= 0.6 is 0 Å². The van der Waals surface area contributed by atoms with Crippen molar-refractivity contribution in [3.63, 3.8) is 0 Å². The van der Waals surface area contributed by atoms with Gasteiger partial charge in [-0.1, -0.05) is 18.2 Å². The topological polar surface area (TPSA) is 62.3 Å². The van der Waals surface area contributed by atoms with Gasteiger partial charge in [0.2, 0.25) is 0 Å². The Labute approximate surface area is 197 Å². The Morgan fingerprint density at radius 3 is 2.59 bits per heavy atom. The number of rotatable bonds is 6. The van der Waals surface area contributed by atoms with Gasteiger partial charge in [0, 0.05) is 49.0 Å². The molecule has 5 nitrogen and oxygen atoms in total. The fraction of sp³-hybridized carbons (Fsp3) is 0.320.